The van der Waals surface area contributed by atoms with Crippen LogP contribution in [-0.4, -0.2) is 15.9 Å². The van der Waals surface area contributed by atoms with Crippen molar-refractivity contribution in [3.8, 4) is 0 Å². The highest BCUT2D eigenvalue weighted by Crippen LogP contribution is 2.32. The summed E-state index contributed by atoms with van der Waals surface area (Å²) >= 11 is 12.3. The smallest absolute Gasteiger partial charge is 0.221 e. The number of aryl methyl sites for hydroxylation is 1. The van der Waals surface area contributed by atoms with E-state index in [0.29, 0.717) is 23.1 Å². The van der Waals surface area contributed by atoms with Gasteiger partial charge in [-0.25, -0.2) is 0 Å². The van der Waals surface area contributed by atoms with Gasteiger partial charge in [-0.3, -0.25) is 14.8 Å². The van der Waals surface area contributed by atoms with Gasteiger partial charge in [-0.1, -0.05) is 29.3 Å². The molecule has 0 unspecified atom stereocenters. The maximum atomic E-state index is 11.7. The minimum atomic E-state index is -0.104. The molecule has 0 saturated heterocycles. The maximum Gasteiger partial charge on any atom is 0.221 e. The molecule has 0 spiro atoms. The first-order valence-corrected chi connectivity index (χ1v) is 9.92. The quantitative estimate of drug-likeness (QED) is 0.557. The van der Waals surface area contributed by atoms with Crippen LogP contribution in [0.1, 0.15) is 29.4 Å². The number of carbonyl (C=O) groups excluding carboxylic acids is 1. The first-order valence-electron chi connectivity index (χ1n) is 9.17. The number of benzene rings is 1. The number of pyridine rings is 2. The van der Waals surface area contributed by atoms with Gasteiger partial charge in [0.1, 0.15) is 0 Å². The van der Waals surface area contributed by atoms with Gasteiger partial charge < -0.3 is 10.2 Å². The number of aromatic nitrogens is 2. The van der Waals surface area contributed by atoms with Crippen LogP contribution < -0.4 is 10.2 Å². The Morgan fingerprint density at radius 3 is 2.00 bits per heavy atom. The molecule has 1 N–H and O–H groups in total. The average Bonchev–Trinajstić information content (AvgIpc) is 2.65. The van der Waals surface area contributed by atoms with Crippen molar-refractivity contribution in [3.63, 3.8) is 0 Å². The van der Waals surface area contributed by atoms with Crippen LogP contribution in [0.25, 0.3) is 0 Å². The molecule has 0 bridgehead atoms. The van der Waals surface area contributed by atoms with Gasteiger partial charge in [0, 0.05) is 40.7 Å². The molecule has 1 aromatic carbocycles. The number of halogens is 2. The Bertz CT molecular complexity index is 992. The van der Waals surface area contributed by atoms with Gasteiger partial charge in [0.05, 0.1) is 24.5 Å². The van der Waals surface area contributed by atoms with Crippen LogP contribution in [0, 0.1) is 13.8 Å². The van der Waals surface area contributed by atoms with Crippen molar-refractivity contribution in [2.45, 2.75) is 33.9 Å². The van der Waals surface area contributed by atoms with Gasteiger partial charge in [0.25, 0.3) is 0 Å². The molecule has 0 aliphatic heterocycles. The standard InChI is InChI=1S/C22H22Cl2N4O/c1-14-4-5-21(15(2)22(14)27-16(3)29)28(12-19-10-17(23)6-8-25-19)13-20-11-18(24)7-9-26-20/h4-11H,12-13H2,1-3H3,(H,27,29). The first-order chi connectivity index (χ1) is 13.8. The van der Waals surface area contributed by atoms with Crippen molar-refractivity contribution < 1.29 is 4.79 Å². The minimum absolute atomic E-state index is 0.104. The Hall–Kier alpha value is -2.63. The largest absolute Gasteiger partial charge is 0.359 e. The third-order valence-electron chi connectivity index (χ3n) is 4.55. The van der Waals surface area contributed by atoms with Crippen LogP contribution in [0.15, 0.2) is 48.8 Å². The second-order valence-electron chi connectivity index (χ2n) is 6.87. The van der Waals surface area contributed by atoms with Crippen molar-refractivity contribution in [3.05, 3.63) is 81.4 Å². The fraction of sp³-hybridized carbons (Fsp3) is 0.227. The summed E-state index contributed by atoms with van der Waals surface area (Å²) in [6.45, 7) is 6.53. The van der Waals surface area contributed by atoms with Gasteiger partial charge in [-0.15, -0.1) is 0 Å². The molecule has 0 atom stereocenters. The van der Waals surface area contributed by atoms with E-state index in [1.807, 2.05) is 38.1 Å². The zero-order valence-electron chi connectivity index (χ0n) is 16.5. The number of rotatable bonds is 6. The first kappa shape index (κ1) is 21.1. The minimum Gasteiger partial charge on any atom is -0.359 e. The molecule has 29 heavy (non-hydrogen) atoms. The molecule has 3 aromatic rings. The highest BCUT2D eigenvalue weighted by Gasteiger charge is 2.17. The summed E-state index contributed by atoms with van der Waals surface area (Å²) in [6, 6.07) is 11.2. The van der Waals surface area contributed by atoms with E-state index in [-0.39, 0.29) is 5.91 Å². The lowest BCUT2D eigenvalue weighted by Crippen LogP contribution is -2.24. The summed E-state index contributed by atoms with van der Waals surface area (Å²) in [5.74, 6) is -0.104. The summed E-state index contributed by atoms with van der Waals surface area (Å²) in [7, 11) is 0. The lowest BCUT2D eigenvalue weighted by atomic mass is 10.0. The number of amides is 1. The van der Waals surface area contributed by atoms with Gasteiger partial charge in [0.2, 0.25) is 5.91 Å². The van der Waals surface area contributed by atoms with E-state index in [1.165, 1.54) is 6.92 Å². The second kappa shape index (κ2) is 9.25. The molecular formula is C22H22Cl2N4O. The van der Waals surface area contributed by atoms with Crippen LogP contribution in [-0.2, 0) is 17.9 Å². The molecule has 1 amide bonds. The molecule has 5 nitrogen and oxygen atoms in total. The van der Waals surface area contributed by atoms with E-state index in [1.54, 1.807) is 24.5 Å². The van der Waals surface area contributed by atoms with Crippen LogP contribution in [0.2, 0.25) is 10.0 Å². The topological polar surface area (TPSA) is 58.1 Å². The Kier molecular flexibility index (Phi) is 6.72. The summed E-state index contributed by atoms with van der Waals surface area (Å²) in [5, 5.41) is 4.21. The molecule has 7 heteroatoms. The third-order valence-corrected chi connectivity index (χ3v) is 5.02. The predicted molar refractivity (Wildman–Crippen MR) is 119 cm³/mol. The summed E-state index contributed by atoms with van der Waals surface area (Å²) in [6.07, 6.45) is 3.39. The second-order valence-corrected chi connectivity index (χ2v) is 7.74. The average molecular weight is 429 g/mol. The number of hydrogen-bond acceptors (Lipinski definition) is 4. The summed E-state index contributed by atoms with van der Waals surface area (Å²) < 4.78 is 0. The van der Waals surface area contributed by atoms with Crippen molar-refractivity contribution in [1.82, 2.24) is 9.97 Å². The molecule has 0 radical (unpaired) electrons. The predicted octanol–water partition coefficient (Wildman–Crippen LogP) is 5.57. The Morgan fingerprint density at radius 1 is 0.966 bits per heavy atom. The van der Waals surface area contributed by atoms with Crippen LogP contribution in [0.4, 0.5) is 11.4 Å². The van der Waals surface area contributed by atoms with E-state index in [0.717, 1.165) is 33.9 Å². The van der Waals surface area contributed by atoms with E-state index in [9.17, 15) is 4.79 Å². The monoisotopic (exact) mass is 428 g/mol. The SMILES string of the molecule is CC(=O)Nc1c(C)ccc(N(Cc2cc(Cl)ccn2)Cc2cc(Cl)ccn2)c1C. The number of hydrogen-bond donors (Lipinski definition) is 1. The zero-order chi connectivity index (χ0) is 21.0. The van der Waals surface area contributed by atoms with E-state index < -0.39 is 0 Å². The molecule has 150 valence electrons. The Balaban J connectivity index is 2.03. The van der Waals surface area contributed by atoms with Crippen LogP contribution in [0.5, 0.6) is 0 Å². The molecular weight excluding hydrogens is 407 g/mol. The molecule has 0 saturated carbocycles. The zero-order valence-corrected chi connectivity index (χ0v) is 18.1. The lowest BCUT2D eigenvalue weighted by Gasteiger charge is -2.28. The molecule has 0 fully saturated rings. The number of nitrogens with zero attached hydrogens (tertiary/aromatic N) is 3. The van der Waals surface area contributed by atoms with Crippen molar-refractivity contribution in [2.75, 3.05) is 10.2 Å². The van der Waals surface area contributed by atoms with Gasteiger partial charge in [0.15, 0.2) is 0 Å². The number of anilines is 2. The molecule has 2 heterocycles. The molecule has 0 aliphatic rings. The Labute approximate surface area is 180 Å². The maximum absolute atomic E-state index is 11.7. The molecule has 0 aliphatic carbocycles. The molecule has 2 aromatic heterocycles. The normalized spacial score (nSPS) is 10.7. The summed E-state index contributed by atoms with van der Waals surface area (Å²) in [4.78, 5) is 22.7. The van der Waals surface area contributed by atoms with E-state index >= 15 is 0 Å². The van der Waals surface area contributed by atoms with E-state index in [4.69, 9.17) is 23.2 Å². The van der Waals surface area contributed by atoms with Gasteiger partial charge >= 0.3 is 0 Å². The fourth-order valence-corrected chi connectivity index (χ4v) is 3.60. The Morgan fingerprint density at radius 2 is 1.52 bits per heavy atom. The molecule has 3 rings (SSSR count). The van der Waals surface area contributed by atoms with Crippen molar-refractivity contribution >= 4 is 40.5 Å². The van der Waals surface area contributed by atoms with Gasteiger partial charge in [-0.2, -0.15) is 0 Å². The number of nitrogens with one attached hydrogen (secondary N) is 1. The van der Waals surface area contributed by atoms with Crippen LogP contribution >= 0.6 is 23.2 Å². The van der Waals surface area contributed by atoms with Gasteiger partial charge in [-0.05, 0) is 55.3 Å². The highest BCUT2D eigenvalue weighted by molar-refractivity contribution is 6.30. The lowest BCUT2D eigenvalue weighted by molar-refractivity contribution is -0.114. The van der Waals surface area contributed by atoms with Crippen molar-refractivity contribution in [2.24, 2.45) is 0 Å². The fourth-order valence-electron chi connectivity index (χ4n) is 3.23. The third kappa shape index (κ3) is 5.46. The summed E-state index contributed by atoms with van der Waals surface area (Å²) in [5.41, 5.74) is 5.44. The number of carbonyl (C=O) groups is 1. The van der Waals surface area contributed by atoms with Crippen molar-refractivity contribution in [1.29, 1.82) is 0 Å². The van der Waals surface area contributed by atoms with Crippen LogP contribution in [0.3, 0.4) is 0 Å². The van der Waals surface area contributed by atoms with E-state index in [2.05, 4.69) is 20.2 Å². The highest BCUT2D eigenvalue weighted by atomic mass is 35.5.